The van der Waals surface area contributed by atoms with E-state index < -0.39 is 0 Å². The molecule has 4 rings (SSSR count). The van der Waals surface area contributed by atoms with Crippen LogP contribution in [0.15, 0.2) is 24.3 Å². The van der Waals surface area contributed by atoms with Crippen LogP contribution in [0.25, 0.3) is 0 Å². The zero-order valence-electron chi connectivity index (χ0n) is 15.4. The molecule has 2 fully saturated rings. The minimum absolute atomic E-state index is 0.499. The first-order chi connectivity index (χ1) is 12.7. The van der Waals surface area contributed by atoms with Crippen LogP contribution in [0.4, 0.5) is 17.5 Å². The largest absolute Gasteiger partial charge is 0.493 e. The van der Waals surface area contributed by atoms with Crippen molar-refractivity contribution in [3.8, 4) is 11.5 Å². The van der Waals surface area contributed by atoms with Gasteiger partial charge in [0.2, 0.25) is 5.95 Å². The molecule has 26 heavy (non-hydrogen) atoms. The molecule has 2 aliphatic rings. The Morgan fingerprint density at radius 2 is 1.69 bits per heavy atom. The van der Waals surface area contributed by atoms with Crippen LogP contribution in [-0.4, -0.2) is 30.2 Å². The van der Waals surface area contributed by atoms with Crippen molar-refractivity contribution in [3.05, 3.63) is 30.0 Å². The smallest absolute Gasteiger partial charge is 0.225 e. The van der Waals surface area contributed by atoms with Crippen LogP contribution >= 0.6 is 0 Å². The second kappa shape index (κ2) is 7.40. The van der Waals surface area contributed by atoms with Gasteiger partial charge in [0, 0.05) is 29.8 Å². The summed E-state index contributed by atoms with van der Waals surface area (Å²) in [6, 6.07) is 8.33. The van der Waals surface area contributed by atoms with Gasteiger partial charge in [0.1, 0.15) is 5.82 Å². The third kappa shape index (κ3) is 3.84. The molecule has 138 valence electrons. The lowest BCUT2D eigenvalue weighted by molar-refractivity contribution is 0.355. The van der Waals surface area contributed by atoms with Crippen molar-refractivity contribution in [2.24, 2.45) is 0 Å². The number of anilines is 3. The summed E-state index contributed by atoms with van der Waals surface area (Å²) in [7, 11) is 3.28. The Balaban J connectivity index is 1.57. The highest BCUT2D eigenvalue weighted by molar-refractivity contribution is 5.62. The maximum atomic E-state index is 5.39. The number of ether oxygens (including phenoxy) is 2. The van der Waals surface area contributed by atoms with Crippen molar-refractivity contribution in [1.29, 1.82) is 0 Å². The number of aromatic nitrogens is 2. The predicted molar refractivity (Wildman–Crippen MR) is 103 cm³/mol. The molecule has 0 atom stereocenters. The van der Waals surface area contributed by atoms with Crippen molar-refractivity contribution >= 4 is 17.5 Å². The van der Waals surface area contributed by atoms with E-state index in [2.05, 4.69) is 16.7 Å². The summed E-state index contributed by atoms with van der Waals surface area (Å²) in [4.78, 5) is 9.45. The molecule has 2 N–H and O–H groups in total. The van der Waals surface area contributed by atoms with Gasteiger partial charge in [-0.25, -0.2) is 4.98 Å². The van der Waals surface area contributed by atoms with Gasteiger partial charge in [0.25, 0.3) is 0 Å². The molecule has 2 aromatic rings. The van der Waals surface area contributed by atoms with Gasteiger partial charge in [-0.15, -0.1) is 0 Å². The molecule has 0 amide bonds. The number of rotatable bonds is 7. The molecule has 1 heterocycles. The molecule has 1 aromatic carbocycles. The minimum atomic E-state index is 0.499. The molecule has 2 aliphatic carbocycles. The number of nitrogens with zero attached hydrogens (tertiary/aromatic N) is 2. The molecular formula is C20H26N4O2. The molecule has 6 heteroatoms. The summed E-state index contributed by atoms with van der Waals surface area (Å²) in [5.74, 6) is 3.54. The summed E-state index contributed by atoms with van der Waals surface area (Å²) in [5.41, 5.74) is 2.04. The molecule has 0 spiro atoms. The fourth-order valence-electron chi connectivity index (χ4n) is 3.50. The summed E-state index contributed by atoms with van der Waals surface area (Å²) in [6.07, 6.45) is 7.42. The maximum Gasteiger partial charge on any atom is 0.225 e. The lowest BCUT2D eigenvalue weighted by atomic mass is 10.2. The number of hydrogen-bond acceptors (Lipinski definition) is 6. The van der Waals surface area contributed by atoms with Gasteiger partial charge < -0.3 is 20.1 Å². The fourth-order valence-corrected chi connectivity index (χ4v) is 3.50. The molecule has 6 nitrogen and oxygen atoms in total. The first-order valence-electron chi connectivity index (χ1n) is 9.39. The van der Waals surface area contributed by atoms with Gasteiger partial charge in [-0.1, -0.05) is 12.8 Å². The van der Waals surface area contributed by atoms with E-state index in [0.717, 1.165) is 23.1 Å². The quantitative estimate of drug-likeness (QED) is 0.765. The van der Waals surface area contributed by atoms with E-state index in [1.54, 1.807) is 14.2 Å². The predicted octanol–water partition coefficient (Wildman–Crippen LogP) is 4.47. The van der Waals surface area contributed by atoms with Gasteiger partial charge in [0.05, 0.1) is 19.9 Å². The van der Waals surface area contributed by atoms with E-state index >= 15 is 0 Å². The number of benzene rings is 1. The Bertz CT molecular complexity index is 770. The van der Waals surface area contributed by atoms with Crippen LogP contribution in [0.2, 0.25) is 0 Å². The Morgan fingerprint density at radius 3 is 2.38 bits per heavy atom. The third-order valence-corrected chi connectivity index (χ3v) is 5.09. The lowest BCUT2D eigenvalue weighted by Gasteiger charge is -2.15. The standard InChI is InChI=1S/C20H26N4O2/c1-25-17-10-9-15(11-18(17)26-2)21-19-12-16(13-7-8-13)23-20(24-19)22-14-5-3-4-6-14/h9-14H,3-8H2,1-2H3,(H2,21,22,23,24). The topological polar surface area (TPSA) is 68.3 Å². The van der Waals surface area contributed by atoms with Crippen LogP contribution in [0.3, 0.4) is 0 Å². The third-order valence-electron chi connectivity index (χ3n) is 5.09. The van der Waals surface area contributed by atoms with E-state index in [1.807, 2.05) is 18.2 Å². The number of nitrogens with one attached hydrogen (secondary N) is 2. The normalized spacial score (nSPS) is 17.2. The lowest BCUT2D eigenvalue weighted by Crippen LogP contribution is -2.17. The van der Waals surface area contributed by atoms with Crippen molar-refractivity contribution in [3.63, 3.8) is 0 Å². The van der Waals surface area contributed by atoms with E-state index in [9.17, 15) is 0 Å². The summed E-state index contributed by atoms with van der Waals surface area (Å²) in [5, 5.41) is 6.92. The van der Waals surface area contributed by atoms with Gasteiger partial charge in [-0.2, -0.15) is 4.98 Å². The van der Waals surface area contributed by atoms with Crippen molar-refractivity contribution in [2.75, 3.05) is 24.9 Å². The van der Waals surface area contributed by atoms with E-state index in [0.29, 0.717) is 23.5 Å². The highest BCUT2D eigenvalue weighted by Crippen LogP contribution is 2.40. The van der Waals surface area contributed by atoms with Crippen LogP contribution in [0, 0.1) is 0 Å². The molecule has 1 aromatic heterocycles. The minimum Gasteiger partial charge on any atom is -0.493 e. The Labute approximate surface area is 154 Å². The summed E-state index contributed by atoms with van der Waals surface area (Å²) in [6.45, 7) is 0. The van der Waals surface area contributed by atoms with Gasteiger partial charge in [-0.05, 0) is 37.8 Å². The monoisotopic (exact) mass is 354 g/mol. The highest BCUT2D eigenvalue weighted by Gasteiger charge is 2.27. The average molecular weight is 354 g/mol. The van der Waals surface area contributed by atoms with E-state index in [-0.39, 0.29) is 0 Å². The molecule has 0 saturated heterocycles. The van der Waals surface area contributed by atoms with Crippen LogP contribution in [0.5, 0.6) is 11.5 Å². The van der Waals surface area contributed by atoms with Gasteiger partial charge >= 0.3 is 0 Å². The van der Waals surface area contributed by atoms with E-state index in [4.69, 9.17) is 19.4 Å². The summed E-state index contributed by atoms with van der Waals surface area (Å²) < 4.78 is 10.7. The average Bonchev–Trinajstić information content (AvgIpc) is 3.39. The zero-order valence-corrected chi connectivity index (χ0v) is 15.4. The Morgan fingerprint density at radius 1 is 0.923 bits per heavy atom. The first kappa shape index (κ1) is 16.9. The van der Waals surface area contributed by atoms with Crippen molar-refractivity contribution in [1.82, 2.24) is 9.97 Å². The number of methoxy groups -OCH3 is 2. The second-order valence-corrected chi connectivity index (χ2v) is 7.10. The SMILES string of the molecule is COc1ccc(Nc2cc(C3CC3)nc(NC3CCCC3)n2)cc1OC. The Hall–Kier alpha value is -2.50. The summed E-state index contributed by atoms with van der Waals surface area (Å²) >= 11 is 0. The van der Waals surface area contributed by atoms with Crippen LogP contribution < -0.4 is 20.1 Å². The molecule has 0 bridgehead atoms. The zero-order chi connectivity index (χ0) is 17.9. The van der Waals surface area contributed by atoms with Gasteiger partial charge in [0.15, 0.2) is 11.5 Å². The molecular weight excluding hydrogens is 328 g/mol. The molecule has 0 radical (unpaired) electrons. The Kier molecular flexibility index (Phi) is 4.82. The fraction of sp³-hybridized carbons (Fsp3) is 0.500. The second-order valence-electron chi connectivity index (χ2n) is 7.10. The maximum absolute atomic E-state index is 5.39. The van der Waals surface area contributed by atoms with Crippen molar-refractivity contribution in [2.45, 2.75) is 50.5 Å². The highest BCUT2D eigenvalue weighted by atomic mass is 16.5. The molecule has 0 aliphatic heterocycles. The first-order valence-corrected chi connectivity index (χ1v) is 9.39. The van der Waals surface area contributed by atoms with Gasteiger partial charge in [-0.3, -0.25) is 0 Å². The molecule has 2 saturated carbocycles. The molecule has 0 unspecified atom stereocenters. The van der Waals surface area contributed by atoms with Crippen LogP contribution in [0.1, 0.15) is 50.1 Å². The van der Waals surface area contributed by atoms with E-state index in [1.165, 1.54) is 38.5 Å². The van der Waals surface area contributed by atoms with Crippen molar-refractivity contribution < 1.29 is 9.47 Å². The number of hydrogen-bond donors (Lipinski definition) is 2. The van der Waals surface area contributed by atoms with Crippen LogP contribution in [-0.2, 0) is 0 Å².